The first kappa shape index (κ1) is 33.1. The zero-order chi connectivity index (χ0) is 32.9. The minimum absolute atomic E-state index is 0.0592. The molecule has 2 saturated heterocycles. The molecule has 12 heteroatoms. The maximum atomic E-state index is 15.7. The smallest absolute Gasteiger partial charge is 0.490 e. The van der Waals surface area contributed by atoms with Crippen LogP contribution in [-0.4, -0.2) is 82.6 Å². The van der Waals surface area contributed by atoms with Gasteiger partial charge in [-0.1, -0.05) is 17.7 Å². The van der Waals surface area contributed by atoms with Crippen molar-refractivity contribution in [2.24, 2.45) is 0 Å². The second kappa shape index (κ2) is 12.1. The van der Waals surface area contributed by atoms with Crippen molar-refractivity contribution < 1.29 is 32.9 Å². The molecule has 0 N–H and O–H groups in total. The topological polar surface area (TPSA) is 93.7 Å². The molecular weight excluding hydrogens is 603 g/mol. The van der Waals surface area contributed by atoms with E-state index in [-0.39, 0.29) is 46.3 Å². The van der Waals surface area contributed by atoms with Crippen LogP contribution in [0, 0.1) is 5.82 Å². The predicted octanol–water partition coefficient (Wildman–Crippen LogP) is 7.05. The van der Waals surface area contributed by atoms with Crippen molar-refractivity contribution in [3.63, 3.8) is 0 Å². The molecule has 0 saturated carbocycles. The third-order valence-corrected chi connectivity index (χ3v) is 8.51. The summed E-state index contributed by atoms with van der Waals surface area (Å²) in [6.45, 7) is 18.0. The summed E-state index contributed by atoms with van der Waals surface area (Å²) in [5.74, 6) is 0.331. The Bertz CT molecular complexity index is 1470. The Morgan fingerprint density at radius 2 is 1.78 bits per heavy atom. The lowest BCUT2D eigenvalue weighted by Gasteiger charge is -2.40. The number of hydrogen-bond acceptors (Lipinski definition) is 9. The van der Waals surface area contributed by atoms with Gasteiger partial charge in [-0.15, -0.1) is 0 Å². The Balaban J connectivity index is 1.57. The predicted molar refractivity (Wildman–Crippen MR) is 170 cm³/mol. The monoisotopic (exact) mass is 646 g/mol. The first-order valence-electron chi connectivity index (χ1n) is 15.5. The van der Waals surface area contributed by atoms with Gasteiger partial charge < -0.3 is 28.7 Å². The molecule has 1 aromatic heterocycles. The number of amides is 1. The number of rotatable bonds is 3. The van der Waals surface area contributed by atoms with E-state index in [2.05, 4.69) is 23.6 Å². The third-order valence-electron chi connectivity index (χ3n) is 8.16. The first-order valence-corrected chi connectivity index (χ1v) is 15.9. The van der Waals surface area contributed by atoms with E-state index in [4.69, 9.17) is 35.5 Å². The van der Waals surface area contributed by atoms with E-state index in [1.54, 1.807) is 25.7 Å². The van der Waals surface area contributed by atoms with E-state index >= 15 is 4.39 Å². The van der Waals surface area contributed by atoms with Crippen LogP contribution in [0.2, 0.25) is 5.02 Å². The fourth-order valence-electron chi connectivity index (χ4n) is 6.06. The Kier molecular flexibility index (Phi) is 8.91. The molecule has 10 nitrogen and oxygen atoms in total. The minimum atomic E-state index is -0.969. The van der Waals surface area contributed by atoms with Crippen LogP contribution in [-0.2, 0) is 16.0 Å². The van der Waals surface area contributed by atoms with Gasteiger partial charge >= 0.3 is 12.2 Å². The van der Waals surface area contributed by atoms with E-state index < -0.39 is 23.2 Å². The lowest BCUT2D eigenvalue weighted by Crippen LogP contribution is -2.56. The molecule has 1 aromatic carbocycles. The van der Waals surface area contributed by atoms with E-state index in [1.807, 2.05) is 20.8 Å². The Labute approximate surface area is 269 Å². The van der Waals surface area contributed by atoms with Crippen molar-refractivity contribution in [3.05, 3.63) is 34.6 Å². The molecule has 0 unspecified atom stereocenters. The normalized spacial score (nSPS) is 20.1. The molecule has 1 amide bonds. The molecule has 5 rings (SSSR count). The van der Waals surface area contributed by atoms with Crippen molar-refractivity contribution in [1.82, 2.24) is 14.8 Å². The SMILES string of the molecule is CC(C)(C)OC(=O)Oc1cccc(F)c1-c1nc(N2CCCC2(C)C)c2c(c1Cl)OC[C@H]1CN(C(=O)OC(C)(C)C)CCN1C2. The van der Waals surface area contributed by atoms with Gasteiger partial charge in [0.2, 0.25) is 0 Å². The molecule has 0 radical (unpaired) electrons. The molecule has 1 atom stereocenters. The van der Waals surface area contributed by atoms with Gasteiger partial charge in [-0.05, 0) is 80.4 Å². The van der Waals surface area contributed by atoms with Crippen molar-refractivity contribution in [2.75, 3.05) is 37.7 Å². The van der Waals surface area contributed by atoms with E-state index in [9.17, 15) is 9.59 Å². The molecule has 45 heavy (non-hydrogen) atoms. The number of carbonyl (C=O) groups is 2. The summed E-state index contributed by atoms with van der Waals surface area (Å²) in [6, 6.07) is 4.08. The summed E-state index contributed by atoms with van der Waals surface area (Å²) in [5, 5.41) is 0.119. The Hall–Kier alpha value is -3.31. The number of nitrogens with zero attached hydrogens (tertiary/aromatic N) is 4. The number of anilines is 1. The van der Waals surface area contributed by atoms with Crippen LogP contribution in [0.3, 0.4) is 0 Å². The summed E-state index contributed by atoms with van der Waals surface area (Å²) in [5.41, 5.74) is -0.777. The quantitative estimate of drug-likeness (QED) is 0.257. The summed E-state index contributed by atoms with van der Waals surface area (Å²) in [6.07, 6.45) is 0.587. The zero-order valence-corrected chi connectivity index (χ0v) is 28.2. The molecule has 0 bridgehead atoms. The highest BCUT2D eigenvalue weighted by Crippen LogP contribution is 2.48. The fraction of sp³-hybridized carbons (Fsp3) is 0.606. The second-order valence-corrected chi connectivity index (χ2v) is 14.9. The second-order valence-electron chi connectivity index (χ2n) is 14.5. The molecule has 3 aliphatic rings. The Morgan fingerprint density at radius 1 is 1.07 bits per heavy atom. The number of carbonyl (C=O) groups excluding carboxylic acids is 2. The summed E-state index contributed by atoms with van der Waals surface area (Å²) < 4.78 is 38.7. The standard InChI is InChI=1S/C33H44ClFN4O6/c1-31(2,3)44-29(40)38-16-15-37-18-21-27(42-19-20(37)17-38)25(34)26(36-28(21)39-14-10-13-33(39,7)8)24-22(35)11-9-12-23(24)43-30(41)45-32(4,5)6/h9,11-12,20H,10,13-19H2,1-8H3/t20-/m1/s1. The van der Waals surface area contributed by atoms with Gasteiger partial charge in [-0.2, -0.15) is 0 Å². The molecule has 2 aromatic rings. The molecular formula is C33H44ClFN4O6. The molecule has 246 valence electrons. The number of benzene rings is 1. The number of pyridine rings is 1. The Morgan fingerprint density at radius 3 is 2.42 bits per heavy atom. The van der Waals surface area contributed by atoms with Gasteiger partial charge in [0.1, 0.15) is 51.7 Å². The van der Waals surface area contributed by atoms with Gasteiger partial charge in [0.15, 0.2) is 0 Å². The summed E-state index contributed by atoms with van der Waals surface area (Å²) >= 11 is 7.07. The third kappa shape index (κ3) is 7.25. The van der Waals surface area contributed by atoms with Crippen LogP contribution >= 0.6 is 11.6 Å². The van der Waals surface area contributed by atoms with Gasteiger partial charge in [0, 0.05) is 38.3 Å². The summed E-state index contributed by atoms with van der Waals surface area (Å²) in [4.78, 5) is 36.8. The van der Waals surface area contributed by atoms with Gasteiger partial charge in [-0.3, -0.25) is 4.90 Å². The van der Waals surface area contributed by atoms with Crippen molar-refractivity contribution in [1.29, 1.82) is 0 Å². The average Bonchev–Trinajstić information content (AvgIpc) is 3.14. The van der Waals surface area contributed by atoms with E-state index in [0.717, 1.165) is 24.9 Å². The molecule has 0 spiro atoms. The van der Waals surface area contributed by atoms with E-state index in [0.29, 0.717) is 37.7 Å². The van der Waals surface area contributed by atoms with Gasteiger partial charge in [-0.25, -0.2) is 19.0 Å². The van der Waals surface area contributed by atoms with E-state index in [1.165, 1.54) is 18.2 Å². The number of piperazine rings is 1. The van der Waals surface area contributed by atoms with Crippen molar-refractivity contribution >= 4 is 29.7 Å². The van der Waals surface area contributed by atoms with Crippen LogP contribution < -0.4 is 14.4 Å². The maximum absolute atomic E-state index is 15.7. The number of fused-ring (bicyclic) bond motifs is 2. The lowest BCUT2D eigenvalue weighted by atomic mass is 10.0. The average molecular weight is 647 g/mol. The number of hydrogen-bond donors (Lipinski definition) is 0. The molecule has 2 fully saturated rings. The van der Waals surface area contributed by atoms with Crippen molar-refractivity contribution in [2.45, 2.75) is 97.6 Å². The fourth-order valence-corrected chi connectivity index (χ4v) is 6.37. The van der Waals surface area contributed by atoms with Gasteiger partial charge in [0.05, 0.1) is 17.2 Å². The van der Waals surface area contributed by atoms with Crippen molar-refractivity contribution in [3.8, 4) is 22.8 Å². The number of aromatic nitrogens is 1. The first-order chi connectivity index (χ1) is 20.9. The maximum Gasteiger partial charge on any atom is 0.514 e. The zero-order valence-electron chi connectivity index (χ0n) is 27.5. The van der Waals surface area contributed by atoms with Gasteiger partial charge in [0.25, 0.3) is 0 Å². The molecule has 3 aliphatic heterocycles. The van der Waals surface area contributed by atoms with Crippen LogP contribution in [0.25, 0.3) is 11.3 Å². The van der Waals surface area contributed by atoms with Crippen LogP contribution in [0.1, 0.15) is 73.8 Å². The van der Waals surface area contributed by atoms with Crippen LogP contribution in [0.15, 0.2) is 18.2 Å². The van der Waals surface area contributed by atoms with Crippen LogP contribution in [0.4, 0.5) is 19.8 Å². The molecule has 4 heterocycles. The lowest BCUT2D eigenvalue weighted by molar-refractivity contribution is -0.00159. The highest BCUT2D eigenvalue weighted by molar-refractivity contribution is 6.35. The molecule has 0 aliphatic carbocycles. The summed E-state index contributed by atoms with van der Waals surface area (Å²) in [7, 11) is 0. The highest BCUT2D eigenvalue weighted by Gasteiger charge is 2.41. The number of halogens is 2. The number of ether oxygens (including phenoxy) is 4. The minimum Gasteiger partial charge on any atom is -0.490 e. The highest BCUT2D eigenvalue weighted by atomic mass is 35.5. The largest absolute Gasteiger partial charge is 0.514 e. The van der Waals surface area contributed by atoms with Crippen LogP contribution in [0.5, 0.6) is 11.5 Å².